The Morgan fingerprint density at radius 1 is 1.56 bits per heavy atom. The van der Waals surface area contributed by atoms with Crippen LogP contribution in [-0.4, -0.2) is 17.2 Å². The third-order valence-electron chi connectivity index (χ3n) is 2.45. The maximum atomic E-state index is 11.7. The van der Waals surface area contributed by atoms with Crippen molar-refractivity contribution in [3.63, 3.8) is 0 Å². The monoisotopic (exact) mass is 217 g/mol. The molecule has 0 saturated carbocycles. The average Bonchev–Trinajstić information content (AvgIpc) is 2.29. The Morgan fingerprint density at radius 2 is 2.31 bits per heavy atom. The van der Waals surface area contributed by atoms with Crippen molar-refractivity contribution in [1.29, 1.82) is 0 Å². The molecule has 16 heavy (non-hydrogen) atoms. The summed E-state index contributed by atoms with van der Waals surface area (Å²) in [6.07, 6.45) is 2.99. The van der Waals surface area contributed by atoms with Gasteiger partial charge in [-0.3, -0.25) is 4.79 Å². The number of aromatic hydroxyl groups is 1. The maximum absolute atomic E-state index is 11.7. The molecule has 4 heteroatoms. The highest BCUT2D eigenvalue weighted by molar-refractivity contribution is 5.92. The van der Waals surface area contributed by atoms with Gasteiger partial charge in [-0.2, -0.15) is 0 Å². The molecule has 2 rings (SSSR count). The second kappa shape index (κ2) is 3.73. The molecule has 1 aromatic heterocycles. The number of hydrogen-bond donors (Lipinski definition) is 2. The fraction of sp³-hybridized carbons (Fsp3) is 0.0833. The van der Waals surface area contributed by atoms with E-state index < -0.39 is 0 Å². The van der Waals surface area contributed by atoms with E-state index in [0.29, 0.717) is 22.2 Å². The predicted octanol–water partition coefficient (Wildman–Crippen LogP) is 1.89. The van der Waals surface area contributed by atoms with Crippen LogP contribution in [0.15, 0.2) is 29.7 Å². The van der Waals surface area contributed by atoms with Crippen LogP contribution in [0, 0.1) is 0 Å². The second-order valence-corrected chi connectivity index (χ2v) is 3.31. The molecule has 0 amide bonds. The minimum atomic E-state index is -0.165. The number of benzene rings is 1. The number of H-pyrrole nitrogens is 1. The summed E-state index contributed by atoms with van der Waals surface area (Å²) in [6, 6.07) is 2.99. The van der Waals surface area contributed by atoms with Crippen molar-refractivity contribution >= 4 is 17.0 Å². The average molecular weight is 217 g/mol. The van der Waals surface area contributed by atoms with Gasteiger partial charge in [0.05, 0.1) is 18.0 Å². The quantitative estimate of drug-likeness (QED) is 0.807. The lowest BCUT2D eigenvalue weighted by molar-refractivity contribution is 0.374. The molecular weight excluding hydrogens is 206 g/mol. The first kappa shape index (κ1) is 10.3. The summed E-state index contributed by atoms with van der Waals surface area (Å²) >= 11 is 0. The van der Waals surface area contributed by atoms with E-state index in [2.05, 4.69) is 11.6 Å². The van der Waals surface area contributed by atoms with Crippen LogP contribution in [0.25, 0.3) is 17.0 Å². The van der Waals surface area contributed by atoms with Crippen LogP contribution < -0.4 is 10.2 Å². The summed E-state index contributed by atoms with van der Waals surface area (Å²) in [6.45, 7) is 3.59. The van der Waals surface area contributed by atoms with Gasteiger partial charge in [-0.25, -0.2) is 0 Å². The lowest BCUT2D eigenvalue weighted by Crippen LogP contribution is -2.03. The van der Waals surface area contributed by atoms with E-state index in [1.54, 1.807) is 12.3 Å². The first-order valence-electron chi connectivity index (χ1n) is 4.73. The fourth-order valence-electron chi connectivity index (χ4n) is 1.69. The molecule has 1 heterocycles. The molecule has 0 radical (unpaired) electrons. The Hall–Kier alpha value is -2.23. The molecule has 2 N–H and O–H groups in total. The van der Waals surface area contributed by atoms with Gasteiger partial charge in [-0.1, -0.05) is 12.7 Å². The molecule has 2 aromatic rings. The Bertz CT molecular complexity index is 613. The van der Waals surface area contributed by atoms with Crippen LogP contribution >= 0.6 is 0 Å². The minimum absolute atomic E-state index is 0.0679. The number of hydrogen-bond acceptors (Lipinski definition) is 3. The topological polar surface area (TPSA) is 62.3 Å². The number of aromatic nitrogens is 1. The lowest BCUT2D eigenvalue weighted by Gasteiger charge is -2.09. The number of methoxy groups -OCH3 is 1. The maximum Gasteiger partial charge on any atom is 0.190 e. The highest BCUT2D eigenvalue weighted by atomic mass is 16.5. The normalized spacial score (nSPS) is 10.3. The molecule has 1 aromatic carbocycles. The third-order valence-corrected chi connectivity index (χ3v) is 2.45. The van der Waals surface area contributed by atoms with Crippen LogP contribution in [0.5, 0.6) is 11.5 Å². The van der Waals surface area contributed by atoms with E-state index in [-0.39, 0.29) is 11.2 Å². The van der Waals surface area contributed by atoms with Crippen molar-refractivity contribution in [1.82, 2.24) is 4.98 Å². The van der Waals surface area contributed by atoms with Crippen molar-refractivity contribution in [2.75, 3.05) is 7.11 Å². The zero-order chi connectivity index (χ0) is 11.7. The Balaban J connectivity index is 3.02. The second-order valence-electron chi connectivity index (χ2n) is 3.31. The van der Waals surface area contributed by atoms with Gasteiger partial charge in [0.2, 0.25) is 0 Å². The SMILES string of the molecule is C=Cc1c(O)c(OC)cc2[nH]ccc(=O)c12. The van der Waals surface area contributed by atoms with E-state index in [4.69, 9.17) is 4.74 Å². The molecule has 0 spiro atoms. The number of nitrogens with one attached hydrogen (secondary N) is 1. The Kier molecular flexibility index (Phi) is 2.40. The van der Waals surface area contributed by atoms with Crippen molar-refractivity contribution in [2.24, 2.45) is 0 Å². The van der Waals surface area contributed by atoms with E-state index in [9.17, 15) is 9.90 Å². The molecular formula is C12H11NO3. The predicted molar refractivity (Wildman–Crippen MR) is 62.9 cm³/mol. The van der Waals surface area contributed by atoms with Gasteiger partial charge in [-0.05, 0) is 0 Å². The van der Waals surface area contributed by atoms with Gasteiger partial charge in [0.15, 0.2) is 16.9 Å². The Morgan fingerprint density at radius 3 is 2.94 bits per heavy atom. The highest BCUT2D eigenvalue weighted by Gasteiger charge is 2.12. The van der Waals surface area contributed by atoms with Crippen LogP contribution in [0.1, 0.15) is 5.56 Å². The van der Waals surface area contributed by atoms with Gasteiger partial charge in [0.25, 0.3) is 0 Å². The van der Waals surface area contributed by atoms with Gasteiger partial charge in [0.1, 0.15) is 0 Å². The number of pyridine rings is 1. The van der Waals surface area contributed by atoms with Crippen molar-refractivity contribution in [3.8, 4) is 11.5 Å². The molecule has 4 nitrogen and oxygen atoms in total. The number of phenols is 1. The molecule has 0 aliphatic rings. The molecule has 0 aliphatic carbocycles. The molecule has 82 valence electrons. The number of rotatable bonds is 2. The van der Waals surface area contributed by atoms with Crippen molar-refractivity contribution < 1.29 is 9.84 Å². The fourth-order valence-corrected chi connectivity index (χ4v) is 1.69. The smallest absolute Gasteiger partial charge is 0.190 e. The third kappa shape index (κ3) is 1.35. The van der Waals surface area contributed by atoms with Gasteiger partial charge in [-0.15, -0.1) is 0 Å². The molecule has 0 bridgehead atoms. The molecule has 0 atom stereocenters. The highest BCUT2D eigenvalue weighted by Crippen LogP contribution is 2.34. The van der Waals surface area contributed by atoms with Crippen LogP contribution in [0.2, 0.25) is 0 Å². The van der Waals surface area contributed by atoms with E-state index in [0.717, 1.165) is 0 Å². The summed E-state index contributed by atoms with van der Waals surface area (Å²) in [7, 11) is 1.45. The summed E-state index contributed by atoms with van der Waals surface area (Å²) in [5, 5.41) is 10.3. The molecule has 0 unspecified atom stereocenters. The minimum Gasteiger partial charge on any atom is -0.504 e. The number of ether oxygens (including phenoxy) is 1. The summed E-state index contributed by atoms with van der Waals surface area (Å²) in [5.74, 6) is 0.242. The van der Waals surface area contributed by atoms with Gasteiger partial charge in [0, 0.05) is 23.9 Å². The van der Waals surface area contributed by atoms with Gasteiger partial charge >= 0.3 is 0 Å². The first-order chi connectivity index (χ1) is 7.69. The van der Waals surface area contributed by atoms with Crippen LogP contribution in [-0.2, 0) is 0 Å². The zero-order valence-electron chi connectivity index (χ0n) is 8.78. The van der Waals surface area contributed by atoms with Crippen molar-refractivity contribution in [3.05, 3.63) is 40.7 Å². The first-order valence-corrected chi connectivity index (χ1v) is 4.73. The van der Waals surface area contributed by atoms with E-state index >= 15 is 0 Å². The van der Waals surface area contributed by atoms with E-state index in [1.807, 2.05) is 0 Å². The lowest BCUT2D eigenvalue weighted by atomic mass is 10.1. The standard InChI is InChI=1S/C12H11NO3/c1-3-7-11-8(13-5-4-9(11)14)6-10(16-2)12(7)15/h3-6,15H,1H2,2H3,(H,13,14). The number of fused-ring (bicyclic) bond motifs is 1. The van der Waals surface area contributed by atoms with Crippen LogP contribution in [0.3, 0.4) is 0 Å². The number of aromatic amines is 1. The Labute approximate surface area is 91.8 Å². The van der Waals surface area contributed by atoms with Crippen molar-refractivity contribution in [2.45, 2.75) is 0 Å². The largest absolute Gasteiger partial charge is 0.504 e. The molecule has 0 fully saturated rings. The van der Waals surface area contributed by atoms with Crippen LogP contribution in [0.4, 0.5) is 0 Å². The zero-order valence-corrected chi connectivity index (χ0v) is 8.78. The number of phenolic OH excluding ortho intramolecular Hbond substituents is 1. The van der Waals surface area contributed by atoms with E-state index in [1.165, 1.54) is 19.3 Å². The summed E-state index contributed by atoms with van der Waals surface area (Å²) in [4.78, 5) is 14.6. The summed E-state index contributed by atoms with van der Waals surface area (Å²) in [5.41, 5.74) is 0.829. The molecule has 0 saturated heterocycles. The summed E-state index contributed by atoms with van der Waals surface area (Å²) < 4.78 is 5.02. The van der Waals surface area contributed by atoms with Gasteiger partial charge < -0.3 is 14.8 Å². The molecule has 0 aliphatic heterocycles.